The topological polar surface area (TPSA) is 96.4 Å². The molecule has 2 amide bonds. The van der Waals surface area contributed by atoms with Gasteiger partial charge in [-0.2, -0.15) is 0 Å². The molecule has 5 atom stereocenters. The summed E-state index contributed by atoms with van der Waals surface area (Å²) in [6.45, 7) is 10.5. The van der Waals surface area contributed by atoms with Crippen LogP contribution in [-0.2, 0) is 23.9 Å². The summed E-state index contributed by atoms with van der Waals surface area (Å²) in [5, 5.41) is 11.4. The van der Waals surface area contributed by atoms with E-state index in [1.807, 2.05) is 49.4 Å². The summed E-state index contributed by atoms with van der Waals surface area (Å²) in [6, 6.07) is 13.0. The van der Waals surface area contributed by atoms with Crippen molar-refractivity contribution in [3.05, 3.63) is 67.8 Å². The van der Waals surface area contributed by atoms with Crippen LogP contribution in [0.3, 0.4) is 0 Å². The van der Waals surface area contributed by atoms with E-state index < -0.39 is 35.0 Å². The van der Waals surface area contributed by atoms with Crippen LogP contribution >= 0.6 is 0 Å². The molecule has 8 nitrogen and oxygen atoms in total. The second-order valence-corrected chi connectivity index (χ2v) is 12.0. The molecule has 0 saturated carbocycles. The fourth-order valence-electron chi connectivity index (χ4n) is 7.60. The predicted octanol–water partition coefficient (Wildman–Crippen LogP) is 5.19. The number of carbonyl (C=O) groups excluding carboxylic acids is 3. The van der Waals surface area contributed by atoms with Gasteiger partial charge in [-0.15, -0.1) is 13.2 Å². The zero-order chi connectivity index (χ0) is 30.6. The van der Waals surface area contributed by atoms with Crippen LogP contribution in [0.15, 0.2) is 67.8 Å². The normalized spacial score (nSPS) is 27.3. The molecule has 1 N–H and O–H groups in total. The number of nitrogens with zero attached hydrogens (tertiary/aromatic N) is 2. The van der Waals surface area contributed by atoms with E-state index in [1.54, 1.807) is 22.0 Å². The second-order valence-electron chi connectivity index (χ2n) is 12.0. The third kappa shape index (κ3) is 5.40. The van der Waals surface area contributed by atoms with Crippen LogP contribution in [0.5, 0.6) is 0 Å². The number of ether oxygens (including phenoxy) is 2. The Morgan fingerprint density at radius 2 is 1.88 bits per heavy atom. The lowest BCUT2D eigenvalue weighted by atomic mass is 9.65. The number of allylic oxidation sites excluding steroid dienone is 1. The van der Waals surface area contributed by atoms with Gasteiger partial charge in [0.2, 0.25) is 5.91 Å². The van der Waals surface area contributed by atoms with Crippen molar-refractivity contribution in [2.75, 3.05) is 31.2 Å². The van der Waals surface area contributed by atoms with Crippen molar-refractivity contribution in [2.45, 2.75) is 75.5 Å². The Balaban J connectivity index is 1.53. The van der Waals surface area contributed by atoms with Gasteiger partial charge in [0.25, 0.3) is 5.91 Å². The molecule has 3 saturated heterocycles. The molecule has 230 valence electrons. The van der Waals surface area contributed by atoms with Crippen molar-refractivity contribution in [1.82, 2.24) is 4.90 Å². The number of aliphatic hydroxyl groups excluding tert-OH is 1. The highest BCUT2D eigenvalue weighted by molar-refractivity contribution is 6.05. The van der Waals surface area contributed by atoms with Gasteiger partial charge in [0.15, 0.2) is 0 Å². The molecule has 3 heterocycles. The van der Waals surface area contributed by atoms with Gasteiger partial charge in [-0.3, -0.25) is 14.4 Å². The van der Waals surface area contributed by atoms with Crippen LogP contribution in [0.1, 0.15) is 58.3 Å². The molecule has 2 bridgehead atoms. The Kier molecular flexibility index (Phi) is 9.37. The maximum Gasteiger partial charge on any atom is 0.312 e. The first kappa shape index (κ1) is 31.0. The van der Waals surface area contributed by atoms with Crippen molar-refractivity contribution in [3.63, 3.8) is 0 Å². The van der Waals surface area contributed by atoms with Gasteiger partial charge in [0.05, 0.1) is 18.1 Å². The number of benzene rings is 2. The molecule has 3 aliphatic rings. The first-order chi connectivity index (χ1) is 20.9. The van der Waals surface area contributed by atoms with Crippen molar-refractivity contribution < 1.29 is 29.0 Å². The molecule has 43 heavy (non-hydrogen) atoms. The number of esters is 1. The van der Waals surface area contributed by atoms with E-state index in [0.29, 0.717) is 57.2 Å². The summed E-state index contributed by atoms with van der Waals surface area (Å²) in [5.41, 5.74) is -1.25. The molecule has 0 aliphatic carbocycles. The smallest absolute Gasteiger partial charge is 0.312 e. The first-order valence-electron chi connectivity index (χ1n) is 15.7. The molecule has 2 aromatic rings. The molecular formula is C35H44N2O6. The van der Waals surface area contributed by atoms with Gasteiger partial charge in [-0.1, -0.05) is 49.4 Å². The summed E-state index contributed by atoms with van der Waals surface area (Å²) in [7, 11) is 0. The molecule has 2 aromatic carbocycles. The summed E-state index contributed by atoms with van der Waals surface area (Å²) >= 11 is 0. The largest absolute Gasteiger partial charge is 0.465 e. The van der Waals surface area contributed by atoms with E-state index in [1.165, 1.54) is 0 Å². The standard InChI is InChI=1S/C35H44N2O6/c1-4-7-13-23-42-33(41)29-28-31(39)37(21-11-8-12-22-38)30(35(28)19-18-34(29,6-3)43-35)32(40)36(20-5-2)27-17-16-25-14-9-10-15-26(25)24-27/h4-5,9-10,14-17,24,28-30,38H,1-2,6-8,11-13,18-23H2,3H3/t28-,29-,30?,34+,35?/m0/s1. The third-order valence-electron chi connectivity index (χ3n) is 9.65. The fourth-order valence-corrected chi connectivity index (χ4v) is 7.60. The van der Waals surface area contributed by atoms with E-state index in [4.69, 9.17) is 9.47 Å². The highest BCUT2D eigenvalue weighted by atomic mass is 16.6. The van der Waals surface area contributed by atoms with Crippen molar-refractivity contribution in [2.24, 2.45) is 11.8 Å². The van der Waals surface area contributed by atoms with Gasteiger partial charge >= 0.3 is 5.97 Å². The molecule has 3 aliphatic heterocycles. The summed E-state index contributed by atoms with van der Waals surface area (Å²) < 4.78 is 12.6. The van der Waals surface area contributed by atoms with Gasteiger partial charge < -0.3 is 24.4 Å². The van der Waals surface area contributed by atoms with Gasteiger partial charge in [0.1, 0.15) is 17.6 Å². The lowest BCUT2D eigenvalue weighted by molar-refractivity contribution is -0.161. The number of aliphatic hydroxyl groups is 1. The van der Waals surface area contributed by atoms with Gasteiger partial charge in [-0.05, 0) is 74.3 Å². The van der Waals surface area contributed by atoms with E-state index in [0.717, 1.165) is 17.2 Å². The molecule has 0 aromatic heterocycles. The minimum absolute atomic E-state index is 0.0693. The first-order valence-corrected chi connectivity index (χ1v) is 15.7. The molecule has 3 fully saturated rings. The zero-order valence-corrected chi connectivity index (χ0v) is 25.2. The zero-order valence-electron chi connectivity index (χ0n) is 25.2. The maximum absolute atomic E-state index is 14.8. The number of amides is 2. The van der Waals surface area contributed by atoms with Gasteiger partial charge in [-0.25, -0.2) is 0 Å². The number of anilines is 1. The molecular weight excluding hydrogens is 544 g/mol. The number of likely N-dealkylation sites (tertiary alicyclic amines) is 1. The molecule has 1 spiro atoms. The molecule has 0 radical (unpaired) electrons. The Labute approximate surface area is 254 Å². The molecule has 2 unspecified atom stereocenters. The fraction of sp³-hybridized carbons (Fsp3) is 0.514. The van der Waals surface area contributed by atoms with Crippen LogP contribution < -0.4 is 4.90 Å². The van der Waals surface area contributed by atoms with E-state index in [-0.39, 0.29) is 31.6 Å². The summed E-state index contributed by atoms with van der Waals surface area (Å²) in [5.74, 6) is -2.44. The van der Waals surface area contributed by atoms with E-state index >= 15 is 0 Å². The number of carbonyl (C=O) groups is 3. The number of hydrogen-bond acceptors (Lipinski definition) is 6. The predicted molar refractivity (Wildman–Crippen MR) is 166 cm³/mol. The average molecular weight is 589 g/mol. The van der Waals surface area contributed by atoms with Crippen LogP contribution in [-0.4, -0.2) is 71.3 Å². The monoisotopic (exact) mass is 588 g/mol. The number of unbranched alkanes of at least 4 members (excludes halogenated alkanes) is 3. The maximum atomic E-state index is 14.8. The van der Waals surface area contributed by atoms with E-state index in [2.05, 4.69) is 13.2 Å². The molecule has 5 rings (SSSR count). The van der Waals surface area contributed by atoms with Crippen LogP contribution in [0.4, 0.5) is 5.69 Å². The average Bonchev–Trinajstić information content (AvgIpc) is 3.63. The van der Waals surface area contributed by atoms with Gasteiger partial charge in [0, 0.05) is 25.4 Å². The minimum Gasteiger partial charge on any atom is -0.465 e. The van der Waals surface area contributed by atoms with Crippen molar-refractivity contribution >= 4 is 34.2 Å². The van der Waals surface area contributed by atoms with Crippen molar-refractivity contribution in [1.29, 1.82) is 0 Å². The Morgan fingerprint density at radius 1 is 1.09 bits per heavy atom. The lowest BCUT2D eigenvalue weighted by Crippen LogP contribution is -2.56. The van der Waals surface area contributed by atoms with Crippen molar-refractivity contribution in [3.8, 4) is 0 Å². The van der Waals surface area contributed by atoms with E-state index in [9.17, 15) is 19.5 Å². The minimum atomic E-state index is -1.12. The number of rotatable bonds is 15. The number of fused-ring (bicyclic) bond motifs is 2. The lowest BCUT2D eigenvalue weighted by Gasteiger charge is -2.37. The van der Waals surface area contributed by atoms with Crippen LogP contribution in [0, 0.1) is 11.8 Å². The SMILES string of the molecule is C=CCCCOC(=O)[C@@H]1[C@H]2C(=O)N(CCCCCO)C(C(=O)N(CC=C)c3ccc4ccccc4c3)C23CC[C@@]1(CC)O3. The summed E-state index contributed by atoms with van der Waals surface area (Å²) in [6.07, 6.45) is 8.47. The van der Waals surface area contributed by atoms with Crippen LogP contribution in [0.25, 0.3) is 10.8 Å². The third-order valence-corrected chi connectivity index (χ3v) is 9.65. The Hall–Kier alpha value is -3.49. The number of hydrogen-bond donors (Lipinski definition) is 1. The van der Waals surface area contributed by atoms with Crippen LogP contribution in [0.2, 0.25) is 0 Å². The summed E-state index contributed by atoms with van der Waals surface area (Å²) in [4.78, 5) is 46.2. The highest BCUT2D eigenvalue weighted by Gasteiger charge is 2.79. The quantitative estimate of drug-likeness (QED) is 0.175. The Morgan fingerprint density at radius 3 is 2.60 bits per heavy atom. The Bertz CT molecular complexity index is 1380. The highest BCUT2D eigenvalue weighted by Crippen LogP contribution is 2.64. The molecule has 8 heteroatoms. The second kappa shape index (κ2) is 13.0.